The molecule has 2 aromatic carbocycles. The van der Waals surface area contributed by atoms with E-state index in [-0.39, 0.29) is 6.03 Å². The number of carbonyl (C=O) groups is 1. The van der Waals surface area contributed by atoms with E-state index in [4.69, 9.17) is 11.6 Å². The van der Waals surface area contributed by atoms with Crippen molar-refractivity contribution in [2.24, 2.45) is 0 Å². The molecule has 0 saturated carbocycles. The van der Waals surface area contributed by atoms with Gasteiger partial charge in [-0.25, -0.2) is 9.78 Å². The Kier molecular flexibility index (Phi) is 4.60. The summed E-state index contributed by atoms with van der Waals surface area (Å²) in [6, 6.07) is 14.3. The lowest BCUT2D eigenvalue weighted by Crippen LogP contribution is -2.19. The fraction of sp³-hybridized carbons (Fsp3) is 0.0588. The van der Waals surface area contributed by atoms with Gasteiger partial charge in [0, 0.05) is 16.6 Å². The van der Waals surface area contributed by atoms with Gasteiger partial charge >= 0.3 is 6.03 Å². The fourth-order valence-corrected chi connectivity index (χ4v) is 2.90. The van der Waals surface area contributed by atoms with Crippen molar-refractivity contribution in [2.45, 2.75) is 6.92 Å². The maximum atomic E-state index is 12.1. The quantitative estimate of drug-likeness (QED) is 0.667. The first-order valence-corrected chi connectivity index (χ1v) is 8.23. The van der Waals surface area contributed by atoms with Crippen LogP contribution in [0.15, 0.2) is 53.9 Å². The number of nitrogens with one attached hydrogen (secondary N) is 2. The van der Waals surface area contributed by atoms with Crippen molar-refractivity contribution in [1.29, 1.82) is 0 Å². The van der Waals surface area contributed by atoms with Crippen LogP contribution in [0.1, 0.15) is 5.01 Å². The summed E-state index contributed by atoms with van der Waals surface area (Å²) in [6.07, 6.45) is 0. The molecule has 0 saturated heterocycles. The summed E-state index contributed by atoms with van der Waals surface area (Å²) in [7, 11) is 0. The van der Waals surface area contributed by atoms with Gasteiger partial charge in [-0.2, -0.15) is 0 Å². The minimum Gasteiger partial charge on any atom is -0.308 e. The average molecular weight is 344 g/mol. The molecule has 0 unspecified atom stereocenters. The molecule has 0 atom stereocenters. The number of aromatic nitrogens is 1. The molecule has 0 radical (unpaired) electrons. The van der Waals surface area contributed by atoms with Crippen molar-refractivity contribution < 1.29 is 4.79 Å². The van der Waals surface area contributed by atoms with Crippen LogP contribution >= 0.6 is 22.9 Å². The summed E-state index contributed by atoms with van der Waals surface area (Å²) < 4.78 is 0. The van der Waals surface area contributed by atoms with Gasteiger partial charge in [0.1, 0.15) is 0 Å². The highest BCUT2D eigenvalue weighted by atomic mass is 35.5. The molecule has 0 fully saturated rings. The smallest absolute Gasteiger partial charge is 0.308 e. The normalized spacial score (nSPS) is 10.3. The first-order valence-electron chi connectivity index (χ1n) is 6.97. The minimum atomic E-state index is -0.343. The van der Waals surface area contributed by atoms with Gasteiger partial charge in [-0.1, -0.05) is 35.9 Å². The molecule has 116 valence electrons. The van der Waals surface area contributed by atoms with Crippen molar-refractivity contribution in [2.75, 3.05) is 10.6 Å². The van der Waals surface area contributed by atoms with Gasteiger partial charge in [0.15, 0.2) is 0 Å². The standard InChI is InChI=1S/C17H14ClN3OS/c1-11-19-16(10-23-11)12-5-4-6-13(9-12)20-17(22)21-15-8-3-2-7-14(15)18/h2-10H,1H3,(H2,20,21,22). The van der Waals surface area contributed by atoms with E-state index < -0.39 is 0 Å². The molecule has 1 aromatic heterocycles. The summed E-state index contributed by atoms with van der Waals surface area (Å²) in [5, 5.41) is 9.03. The molecule has 0 spiro atoms. The van der Waals surface area contributed by atoms with Gasteiger partial charge < -0.3 is 10.6 Å². The second kappa shape index (κ2) is 6.81. The van der Waals surface area contributed by atoms with E-state index in [2.05, 4.69) is 15.6 Å². The Morgan fingerprint density at radius 1 is 1.13 bits per heavy atom. The van der Waals surface area contributed by atoms with E-state index in [9.17, 15) is 4.79 Å². The van der Waals surface area contributed by atoms with Gasteiger partial charge in [0.2, 0.25) is 0 Å². The Bertz CT molecular complexity index is 847. The van der Waals surface area contributed by atoms with E-state index in [1.807, 2.05) is 48.7 Å². The van der Waals surface area contributed by atoms with Gasteiger partial charge in [-0.15, -0.1) is 11.3 Å². The zero-order valence-electron chi connectivity index (χ0n) is 12.3. The molecule has 3 aromatic rings. The molecule has 23 heavy (non-hydrogen) atoms. The van der Waals surface area contributed by atoms with Crippen LogP contribution in [-0.4, -0.2) is 11.0 Å². The molecule has 0 aliphatic carbocycles. The van der Waals surface area contributed by atoms with Crippen LogP contribution in [0.2, 0.25) is 5.02 Å². The van der Waals surface area contributed by atoms with Crippen molar-refractivity contribution in [1.82, 2.24) is 4.98 Å². The van der Waals surface area contributed by atoms with Gasteiger partial charge in [-0.05, 0) is 31.2 Å². The molecule has 6 heteroatoms. The third kappa shape index (κ3) is 3.88. The Hall–Kier alpha value is -2.37. The van der Waals surface area contributed by atoms with Crippen LogP contribution < -0.4 is 10.6 Å². The zero-order valence-corrected chi connectivity index (χ0v) is 13.9. The van der Waals surface area contributed by atoms with Crippen LogP contribution in [0.5, 0.6) is 0 Å². The third-order valence-corrected chi connectivity index (χ3v) is 4.26. The molecule has 0 aliphatic rings. The van der Waals surface area contributed by atoms with Gasteiger partial charge in [0.05, 0.1) is 21.4 Å². The van der Waals surface area contributed by atoms with Crippen molar-refractivity contribution in [3.05, 3.63) is 63.9 Å². The van der Waals surface area contributed by atoms with Gasteiger partial charge in [-0.3, -0.25) is 0 Å². The summed E-state index contributed by atoms with van der Waals surface area (Å²) in [4.78, 5) is 16.5. The number of rotatable bonds is 3. The molecule has 4 nitrogen and oxygen atoms in total. The number of hydrogen-bond acceptors (Lipinski definition) is 3. The second-order valence-electron chi connectivity index (χ2n) is 4.89. The van der Waals surface area contributed by atoms with Crippen LogP contribution in [0.25, 0.3) is 11.3 Å². The average Bonchev–Trinajstić information content (AvgIpc) is 2.96. The molecular formula is C17H14ClN3OS. The predicted octanol–water partition coefficient (Wildman–Crippen LogP) is 5.42. The van der Waals surface area contributed by atoms with Crippen LogP contribution in [-0.2, 0) is 0 Å². The van der Waals surface area contributed by atoms with Crippen molar-refractivity contribution in [3.63, 3.8) is 0 Å². The molecular weight excluding hydrogens is 330 g/mol. The van der Waals surface area contributed by atoms with Crippen LogP contribution in [0.3, 0.4) is 0 Å². The highest BCUT2D eigenvalue weighted by molar-refractivity contribution is 7.09. The van der Waals surface area contributed by atoms with E-state index in [0.717, 1.165) is 16.3 Å². The molecule has 0 aliphatic heterocycles. The number of urea groups is 1. The molecule has 2 amide bonds. The first kappa shape index (κ1) is 15.5. The minimum absolute atomic E-state index is 0.343. The van der Waals surface area contributed by atoms with Crippen LogP contribution in [0, 0.1) is 6.92 Å². The lowest BCUT2D eigenvalue weighted by molar-refractivity contribution is 0.262. The molecule has 0 bridgehead atoms. The SMILES string of the molecule is Cc1nc(-c2cccc(NC(=O)Nc3ccccc3Cl)c2)cs1. The number of amides is 2. The fourth-order valence-electron chi connectivity index (χ4n) is 2.10. The lowest BCUT2D eigenvalue weighted by atomic mass is 10.1. The van der Waals surface area contributed by atoms with Crippen LogP contribution in [0.4, 0.5) is 16.2 Å². The summed E-state index contributed by atoms with van der Waals surface area (Å²) >= 11 is 7.63. The zero-order chi connectivity index (χ0) is 16.2. The molecule has 2 N–H and O–H groups in total. The van der Waals surface area contributed by atoms with E-state index in [1.54, 1.807) is 23.5 Å². The number of thiazole rings is 1. The summed E-state index contributed by atoms with van der Waals surface area (Å²) in [5.74, 6) is 0. The Morgan fingerprint density at radius 3 is 2.70 bits per heavy atom. The van der Waals surface area contributed by atoms with E-state index in [0.29, 0.717) is 16.4 Å². The number of benzene rings is 2. The monoisotopic (exact) mass is 343 g/mol. The molecule has 1 heterocycles. The highest BCUT2D eigenvalue weighted by Crippen LogP contribution is 2.25. The summed E-state index contributed by atoms with van der Waals surface area (Å²) in [5.41, 5.74) is 3.13. The predicted molar refractivity (Wildman–Crippen MR) is 96.4 cm³/mol. The number of hydrogen-bond donors (Lipinski definition) is 2. The number of halogens is 1. The number of nitrogens with zero attached hydrogens (tertiary/aromatic N) is 1. The van der Waals surface area contributed by atoms with Gasteiger partial charge in [0.25, 0.3) is 0 Å². The maximum Gasteiger partial charge on any atom is 0.323 e. The maximum absolute atomic E-state index is 12.1. The van der Waals surface area contributed by atoms with Crippen molar-refractivity contribution >= 4 is 40.3 Å². The molecule has 3 rings (SSSR count). The number of anilines is 2. The lowest BCUT2D eigenvalue weighted by Gasteiger charge is -2.09. The number of para-hydroxylation sites is 1. The van der Waals surface area contributed by atoms with Crippen molar-refractivity contribution in [3.8, 4) is 11.3 Å². The Labute approximate surface area is 143 Å². The second-order valence-corrected chi connectivity index (χ2v) is 6.36. The summed E-state index contributed by atoms with van der Waals surface area (Å²) in [6.45, 7) is 1.97. The van der Waals surface area contributed by atoms with E-state index in [1.165, 1.54) is 0 Å². The van der Waals surface area contributed by atoms with E-state index >= 15 is 0 Å². The topological polar surface area (TPSA) is 54.0 Å². The highest BCUT2D eigenvalue weighted by Gasteiger charge is 2.07. The number of aryl methyl sites for hydroxylation is 1. The largest absolute Gasteiger partial charge is 0.323 e. The Balaban J connectivity index is 1.73. The third-order valence-electron chi connectivity index (χ3n) is 3.16. The Morgan fingerprint density at radius 2 is 1.96 bits per heavy atom. The first-order chi connectivity index (χ1) is 11.1. The number of carbonyl (C=O) groups excluding carboxylic acids is 1.